The van der Waals surface area contributed by atoms with Gasteiger partial charge in [0.1, 0.15) is 5.76 Å². The molecule has 7 nitrogen and oxygen atoms in total. The van der Waals surface area contributed by atoms with Crippen LogP contribution in [0.3, 0.4) is 0 Å². The molecule has 0 spiro atoms. The molecule has 136 valence electrons. The van der Waals surface area contributed by atoms with Crippen LogP contribution in [0.1, 0.15) is 60.0 Å². The molecule has 0 aromatic carbocycles. The van der Waals surface area contributed by atoms with Gasteiger partial charge in [-0.05, 0) is 40.5 Å². The molecule has 3 rings (SSSR count). The van der Waals surface area contributed by atoms with Gasteiger partial charge in [-0.25, -0.2) is 4.68 Å². The monoisotopic (exact) mass is 346 g/mol. The fourth-order valence-corrected chi connectivity index (χ4v) is 4.09. The van der Waals surface area contributed by atoms with Crippen molar-refractivity contribution in [2.75, 3.05) is 13.7 Å². The second-order valence-corrected chi connectivity index (χ2v) is 6.78. The number of rotatable bonds is 4. The Labute approximate surface area is 147 Å². The van der Waals surface area contributed by atoms with Crippen molar-refractivity contribution in [2.24, 2.45) is 7.05 Å². The third-order valence-electron chi connectivity index (χ3n) is 5.17. The minimum atomic E-state index is -0.283. The molecule has 0 radical (unpaired) electrons. The molecule has 0 aliphatic carbocycles. The van der Waals surface area contributed by atoms with Gasteiger partial charge in [0.05, 0.1) is 36.0 Å². The van der Waals surface area contributed by atoms with Gasteiger partial charge < -0.3 is 14.2 Å². The average molecular weight is 346 g/mol. The van der Waals surface area contributed by atoms with Crippen molar-refractivity contribution < 1.29 is 14.1 Å². The zero-order valence-corrected chi connectivity index (χ0v) is 15.8. The van der Waals surface area contributed by atoms with Crippen molar-refractivity contribution in [1.82, 2.24) is 19.8 Å². The van der Waals surface area contributed by atoms with E-state index in [1.54, 1.807) is 11.8 Å². The van der Waals surface area contributed by atoms with Crippen LogP contribution in [0.4, 0.5) is 0 Å². The Morgan fingerprint density at radius 2 is 2.04 bits per heavy atom. The molecule has 1 fully saturated rings. The van der Waals surface area contributed by atoms with Crippen molar-refractivity contribution in [3.63, 3.8) is 0 Å². The Balaban J connectivity index is 1.93. The minimum Gasteiger partial charge on any atom is -0.481 e. The number of aryl methyl sites for hydroxylation is 4. The number of amides is 1. The van der Waals surface area contributed by atoms with E-state index in [2.05, 4.69) is 10.3 Å². The van der Waals surface area contributed by atoms with E-state index < -0.39 is 0 Å². The van der Waals surface area contributed by atoms with E-state index in [9.17, 15) is 4.79 Å². The van der Waals surface area contributed by atoms with Crippen LogP contribution in [0.5, 0.6) is 5.88 Å². The maximum Gasteiger partial charge on any atom is 0.230 e. The second kappa shape index (κ2) is 6.54. The highest BCUT2D eigenvalue weighted by molar-refractivity contribution is 5.84. The maximum atomic E-state index is 13.2. The van der Waals surface area contributed by atoms with Gasteiger partial charge >= 0.3 is 0 Å². The Bertz CT molecular complexity index is 773. The lowest BCUT2D eigenvalue weighted by atomic mass is 9.96. The van der Waals surface area contributed by atoms with Crippen molar-refractivity contribution >= 4 is 5.91 Å². The van der Waals surface area contributed by atoms with Crippen LogP contribution in [0.2, 0.25) is 0 Å². The summed E-state index contributed by atoms with van der Waals surface area (Å²) >= 11 is 0. The first kappa shape index (κ1) is 17.5. The number of hydrogen-bond acceptors (Lipinski definition) is 5. The zero-order valence-electron chi connectivity index (χ0n) is 15.8. The molecule has 0 N–H and O–H groups in total. The van der Waals surface area contributed by atoms with E-state index >= 15 is 0 Å². The van der Waals surface area contributed by atoms with Crippen LogP contribution in [-0.2, 0) is 11.8 Å². The Hall–Kier alpha value is -2.31. The molecule has 7 heteroatoms. The molecule has 1 aliphatic heterocycles. The predicted molar refractivity (Wildman–Crippen MR) is 92.6 cm³/mol. The van der Waals surface area contributed by atoms with Crippen LogP contribution in [0.15, 0.2) is 4.52 Å². The minimum absolute atomic E-state index is 0.000859. The molecule has 0 bridgehead atoms. The molecule has 1 aliphatic rings. The van der Waals surface area contributed by atoms with Gasteiger partial charge in [0.15, 0.2) is 0 Å². The molecule has 0 unspecified atom stereocenters. The first-order valence-electron chi connectivity index (χ1n) is 8.67. The number of methoxy groups -OCH3 is 1. The van der Waals surface area contributed by atoms with Crippen molar-refractivity contribution in [3.8, 4) is 5.88 Å². The summed E-state index contributed by atoms with van der Waals surface area (Å²) in [6.07, 6.45) is 1.89. The number of carbonyl (C=O) groups excluding carboxylic acids is 1. The fraction of sp³-hybridized carbons (Fsp3) is 0.611. The van der Waals surface area contributed by atoms with E-state index in [0.717, 1.165) is 47.8 Å². The zero-order chi connectivity index (χ0) is 18.3. The molecule has 2 aromatic heterocycles. The van der Waals surface area contributed by atoms with Gasteiger partial charge in [-0.15, -0.1) is 0 Å². The maximum absolute atomic E-state index is 13.2. The molecule has 2 aromatic rings. The predicted octanol–water partition coefficient (Wildman–Crippen LogP) is 2.81. The highest BCUT2D eigenvalue weighted by Gasteiger charge is 2.38. The van der Waals surface area contributed by atoms with Gasteiger partial charge in [-0.3, -0.25) is 4.79 Å². The second-order valence-electron chi connectivity index (χ2n) is 6.78. The summed E-state index contributed by atoms with van der Waals surface area (Å²) in [5, 5.41) is 8.46. The van der Waals surface area contributed by atoms with Crippen LogP contribution < -0.4 is 4.74 Å². The number of hydrogen-bond donors (Lipinski definition) is 0. The SMILES string of the molecule is COc1c([C@@H]2CCCN2C(=O)[C@@H](C)c2c(C)noc2C)c(C)nn1C. The molecule has 0 saturated carbocycles. The molecule has 1 amide bonds. The average Bonchev–Trinajstić information content (AvgIpc) is 3.23. The molecule has 1 saturated heterocycles. The van der Waals surface area contributed by atoms with Crippen LogP contribution >= 0.6 is 0 Å². The van der Waals surface area contributed by atoms with Gasteiger partial charge in [-0.1, -0.05) is 5.16 Å². The smallest absolute Gasteiger partial charge is 0.230 e. The summed E-state index contributed by atoms with van der Waals surface area (Å²) in [4.78, 5) is 15.2. The van der Waals surface area contributed by atoms with Gasteiger partial charge in [0, 0.05) is 19.2 Å². The van der Waals surface area contributed by atoms with Crippen molar-refractivity contribution in [1.29, 1.82) is 0 Å². The Kier molecular flexibility index (Phi) is 4.58. The normalized spacial score (nSPS) is 18.6. The molecule has 2 atom stereocenters. The van der Waals surface area contributed by atoms with Crippen LogP contribution in [0, 0.1) is 20.8 Å². The topological polar surface area (TPSA) is 73.4 Å². The first-order chi connectivity index (χ1) is 11.9. The third-order valence-corrected chi connectivity index (χ3v) is 5.17. The lowest BCUT2D eigenvalue weighted by Crippen LogP contribution is -2.34. The van der Waals surface area contributed by atoms with E-state index in [-0.39, 0.29) is 17.9 Å². The van der Waals surface area contributed by atoms with Gasteiger partial charge in [-0.2, -0.15) is 5.10 Å². The van der Waals surface area contributed by atoms with E-state index in [0.29, 0.717) is 5.76 Å². The first-order valence-corrected chi connectivity index (χ1v) is 8.67. The molecular weight excluding hydrogens is 320 g/mol. The lowest BCUT2D eigenvalue weighted by molar-refractivity contribution is -0.133. The summed E-state index contributed by atoms with van der Waals surface area (Å²) in [5.41, 5.74) is 3.60. The molecule has 3 heterocycles. The fourth-order valence-electron chi connectivity index (χ4n) is 4.09. The number of nitrogens with zero attached hydrogens (tertiary/aromatic N) is 4. The number of ether oxygens (including phenoxy) is 1. The number of aromatic nitrogens is 3. The van der Waals surface area contributed by atoms with Crippen LogP contribution in [0.25, 0.3) is 0 Å². The quantitative estimate of drug-likeness (QED) is 0.851. The number of likely N-dealkylation sites (tertiary alicyclic amines) is 1. The van der Waals surface area contributed by atoms with E-state index in [4.69, 9.17) is 9.26 Å². The summed E-state index contributed by atoms with van der Waals surface area (Å²) < 4.78 is 12.5. The standard InChI is InChI=1S/C18H26N4O3/c1-10(15-12(3)20-25-13(15)4)17(23)22-9-7-8-14(22)16-11(2)19-21(5)18(16)24-6/h10,14H,7-9H2,1-6H3/t10-,14-/m0/s1. The Morgan fingerprint density at radius 1 is 1.32 bits per heavy atom. The highest BCUT2D eigenvalue weighted by atomic mass is 16.5. The van der Waals surface area contributed by atoms with Crippen LogP contribution in [-0.4, -0.2) is 39.4 Å². The van der Waals surface area contributed by atoms with Gasteiger partial charge in [0.25, 0.3) is 0 Å². The summed E-state index contributed by atoms with van der Waals surface area (Å²) in [5.74, 6) is 1.26. The summed E-state index contributed by atoms with van der Waals surface area (Å²) in [6.45, 7) is 8.38. The lowest BCUT2D eigenvalue weighted by Gasteiger charge is -2.28. The van der Waals surface area contributed by atoms with Crippen molar-refractivity contribution in [3.05, 3.63) is 28.3 Å². The van der Waals surface area contributed by atoms with Crippen molar-refractivity contribution in [2.45, 2.75) is 52.5 Å². The van der Waals surface area contributed by atoms with E-state index in [1.807, 2.05) is 39.6 Å². The highest BCUT2D eigenvalue weighted by Crippen LogP contribution is 2.40. The van der Waals surface area contributed by atoms with Gasteiger partial charge in [0.2, 0.25) is 11.8 Å². The molecule has 25 heavy (non-hydrogen) atoms. The Morgan fingerprint density at radius 3 is 2.64 bits per heavy atom. The summed E-state index contributed by atoms with van der Waals surface area (Å²) in [7, 11) is 3.51. The largest absolute Gasteiger partial charge is 0.481 e. The molecular formula is C18H26N4O3. The third kappa shape index (κ3) is 2.81. The van der Waals surface area contributed by atoms with E-state index in [1.165, 1.54) is 0 Å². The summed E-state index contributed by atoms with van der Waals surface area (Å²) in [6, 6.07) is -0.000859. The number of carbonyl (C=O) groups is 1.